The lowest BCUT2D eigenvalue weighted by Gasteiger charge is -2.16. The van der Waals surface area contributed by atoms with E-state index in [-0.39, 0.29) is 16.6 Å². The zero-order valence-electron chi connectivity index (χ0n) is 11.2. The van der Waals surface area contributed by atoms with Crippen molar-refractivity contribution >= 4 is 47.6 Å². The van der Waals surface area contributed by atoms with Gasteiger partial charge in [0.25, 0.3) is 0 Å². The van der Waals surface area contributed by atoms with Crippen molar-refractivity contribution in [2.24, 2.45) is 0 Å². The molecule has 0 radical (unpaired) electrons. The van der Waals surface area contributed by atoms with Gasteiger partial charge in [-0.2, -0.15) is 0 Å². The van der Waals surface area contributed by atoms with Gasteiger partial charge in [-0.25, -0.2) is 13.1 Å². The quantitative estimate of drug-likeness (QED) is 0.719. The highest BCUT2D eigenvalue weighted by Gasteiger charge is 2.20. The minimum absolute atomic E-state index is 0.0784. The van der Waals surface area contributed by atoms with E-state index in [0.717, 1.165) is 14.5 Å². The number of anilines is 1. The molecule has 2 rings (SSSR count). The molecule has 0 aliphatic rings. The number of nitrogens with one attached hydrogen (secondary N) is 1. The minimum atomic E-state index is -3.67. The van der Waals surface area contributed by atoms with Gasteiger partial charge < -0.3 is 5.73 Å². The first-order valence-electron chi connectivity index (χ1n) is 6.12. The number of halogens is 2. The molecule has 0 saturated heterocycles. The monoisotopic (exact) mass is 432 g/mol. The Morgan fingerprint density at radius 2 is 1.62 bits per heavy atom. The Bertz CT molecular complexity index is 746. The summed E-state index contributed by atoms with van der Waals surface area (Å²) in [5.41, 5.74) is 6.87. The molecule has 3 N–H and O–H groups in total. The van der Waals surface area contributed by atoms with Crippen molar-refractivity contribution in [3.8, 4) is 0 Å². The van der Waals surface area contributed by atoms with E-state index in [2.05, 4.69) is 36.6 Å². The molecule has 0 aliphatic heterocycles. The number of nitrogen functional groups attached to an aromatic ring is 1. The molecule has 0 heterocycles. The first kappa shape index (κ1) is 16.5. The third-order valence-electron chi connectivity index (χ3n) is 2.96. The maximum Gasteiger partial charge on any atom is 0.243 e. The van der Waals surface area contributed by atoms with E-state index >= 15 is 0 Å². The van der Waals surface area contributed by atoms with E-state index in [1.54, 1.807) is 19.1 Å². The maximum atomic E-state index is 12.4. The van der Waals surface area contributed by atoms with E-state index in [9.17, 15) is 8.42 Å². The summed E-state index contributed by atoms with van der Waals surface area (Å²) in [7, 11) is -3.67. The van der Waals surface area contributed by atoms with Gasteiger partial charge in [-0.3, -0.25) is 0 Å². The molecular formula is C14H14Br2N2O2S. The normalized spacial score (nSPS) is 13.1. The topological polar surface area (TPSA) is 72.2 Å². The largest absolute Gasteiger partial charge is 0.398 e. The molecule has 0 fully saturated rings. The van der Waals surface area contributed by atoms with Crippen LogP contribution in [0, 0.1) is 0 Å². The van der Waals surface area contributed by atoms with E-state index in [1.165, 1.54) is 6.07 Å². The zero-order valence-corrected chi connectivity index (χ0v) is 15.2. The van der Waals surface area contributed by atoms with Crippen molar-refractivity contribution < 1.29 is 8.42 Å². The van der Waals surface area contributed by atoms with Crippen LogP contribution in [-0.2, 0) is 10.0 Å². The van der Waals surface area contributed by atoms with E-state index in [1.807, 2.05) is 24.3 Å². The average Bonchev–Trinajstić information content (AvgIpc) is 2.38. The highest BCUT2D eigenvalue weighted by molar-refractivity contribution is 9.10. The molecule has 0 bridgehead atoms. The molecule has 2 aromatic carbocycles. The van der Waals surface area contributed by atoms with Crippen LogP contribution in [0.2, 0.25) is 0 Å². The van der Waals surface area contributed by atoms with Crippen molar-refractivity contribution in [3.63, 3.8) is 0 Å². The highest BCUT2D eigenvalue weighted by atomic mass is 79.9. The van der Waals surface area contributed by atoms with Crippen molar-refractivity contribution in [3.05, 3.63) is 57.0 Å². The van der Waals surface area contributed by atoms with Gasteiger partial charge in [0.1, 0.15) is 4.90 Å². The van der Waals surface area contributed by atoms with E-state index in [4.69, 9.17) is 5.73 Å². The van der Waals surface area contributed by atoms with Gasteiger partial charge in [0.15, 0.2) is 0 Å². The van der Waals surface area contributed by atoms with Crippen molar-refractivity contribution in [1.82, 2.24) is 4.72 Å². The van der Waals surface area contributed by atoms with Crippen LogP contribution in [0.4, 0.5) is 5.69 Å². The molecule has 0 amide bonds. The first-order chi connectivity index (χ1) is 9.79. The number of benzene rings is 2. The van der Waals surface area contributed by atoms with Gasteiger partial charge in [0.2, 0.25) is 10.0 Å². The SMILES string of the molecule is C[C@H](NS(=O)(=O)c1ccc(Br)cc1N)c1ccc(Br)cc1. The van der Waals surface area contributed by atoms with Crippen molar-refractivity contribution in [2.75, 3.05) is 5.73 Å². The predicted molar refractivity (Wildman–Crippen MR) is 91.4 cm³/mol. The molecule has 0 spiro atoms. The number of rotatable bonds is 4. The minimum Gasteiger partial charge on any atom is -0.398 e. The summed E-state index contributed by atoms with van der Waals surface area (Å²) in [6, 6.07) is 11.8. The summed E-state index contributed by atoms with van der Waals surface area (Å²) in [5.74, 6) is 0. The zero-order chi connectivity index (χ0) is 15.6. The third-order valence-corrected chi connectivity index (χ3v) is 5.60. The molecule has 0 unspecified atom stereocenters. The summed E-state index contributed by atoms with van der Waals surface area (Å²) in [5, 5.41) is 0. The second kappa shape index (κ2) is 6.48. The molecule has 0 aliphatic carbocycles. The fraction of sp³-hybridized carbons (Fsp3) is 0.143. The van der Waals surface area contributed by atoms with Crippen LogP contribution in [-0.4, -0.2) is 8.42 Å². The van der Waals surface area contributed by atoms with Gasteiger partial charge in [-0.05, 0) is 42.8 Å². The second-order valence-corrected chi connectivity index (χ2v) is 8.09. The lowest BCUT2D eigenvalue weighted by molar-refractivity contribution is 0.567. The Kier molecular flexibility index (Phi) is 5.08. The Morgan fingerprint density at radius 3 is 2.19 bits per heavy atom. The average molecular weight is 434 g/mol. The predicted octanol–water partition coefficient (Wildman–Crippen LogP) is 3.83. The molecule has 21 heavy (non-hydrogen) atoms. The fourth-order valence-electron chi connectivity index (χ4n) is 1.88. The summed E-state index contributed by atoms with van der Waals surface area (Å²) >= 11 is 6.61. The second-order valence-electron chi connectivity index (χ2n) is 4.58. The molecule has 0 aromatic heterocycles. The van der Waals surface area contributed by atoms with E-state index < -0.39 is 10.0 Å². The first-order valence-corrected chi connectivity index (χ1v) is 9.19. The van der Waals surface area contributed by atoms with Crippen LogP contribution < -0.4 is 10.5 Å². The Morgan fingerprint density at radius 1 is 1.05 bits per heavy atom. The summed E-state index contributed by atoms with van der Waals surface area (Å²) in [4.78, 5) is 0.0784. The van der Waals surface area contributed by atoms with Gasteiger partial charge in [0.05, 0.1) is 5.69 Å². The maximum absolute atomic E-state index is 12.4. The molecule has 0 saturated carbocycles. The Balaban J connectivity index is 2.26. The van der Waals surface area contributed by atoms with Crippen LogP contribution >= 0.6 is 31.9 Å². The highest BCUT2D eigenvalue weighted by Crippen LogP contribution is 2.25. The van der Waals surface area contributed by atoms with Crippen molar-refractivity contribution in [2.45, 2.75) is 17.9 Å². The third kappa shape index (κ3) is 4.06. The molecule has 4 nitrogen and oxygen atoms in total. The standard InChI is InChI=1S/C14H14Br2N2O2S/c1-9(10-2-4-11(15)5-3-10)18-21(19,20)14-7-6-12(16)8-13(14)17/h2-9,18H,17H2,1H3/t9-/m0/s1. The Hall–Kier alpha value is -0.890. The lowest BCUT2D eigenvalue weighted by atomic mass is 10.1. The number of hydrogen-bond donors (Lipinski definition) is 2. The molecule has 2 aromatic rings. The fourth-order valence-corrected chi connectivity index (χ4v) is 3.87. The number of sulfonamides is 1. The van der Waals surface area contributed by atoms with Gasteiger partial charge >= 0.3 is 0 Å². The van der Waals surface area contributed by atoms with Gasteiger partial charge in [-0.15, -0.1) is 0 Å². The smallest absolute Gasteiger partial charge is 0.243 e. The summed E-state index contributed by atoms with van der Waals surface area (Å²) in [6.07, 6.45) is 0. The van der Waals surface area contributed by atoms with Gasteiger partial charge in [0, 0.05) is 15.0 Å². The van der Waals surface area contributed by atoms with Crippen LogP contribution in [0.3, 0.4) is 0 Å². The van der Waals surface area contributed by atoms with Crippen LogP contribution in [0.15, 0.2) is 56.3 Å². The van der Waals surface area contributed by atoms with E-state index in [0.29, 0.717) is 0 Å². The van der Waals surface area contributed by atoms with Crippen molar-refractivity contribution in [1.29, 1.82) is 0 Å². The van der Waals surface area contributed by atoms with Gasteiger partial charge in [-0.1, -0.05) is 44.0 Å². The number of nitrogens with two attached hydrogens (primary N) is 1. The lowest BCUT2D eigenvalue weighted by Crippen LogP contribution is -2.27. The number of hydrogen-bond acceptors (Lipinski definition) is 3. The molecule has 1 atom stereocenters. The Labute approximate surface area is 141 Å². The molecular weight excluding hydrogens is 420 g/mol. The van der Waals surface area contributed by atoms with Crippen LogP contribution in [0.25, 0.3) is 0 Å². The summed E-state index contributed by atoms with van der Waals surface area (Å²) in [6.45, 7) is 1.79. The summed E-state index contributed by atoms with van der Waals surface area (Å²) < 4.78 is 29.1. The molecule has 7 heteroatoms. The molecule has 112 valence electrons. The van der Waals surface area contributed by atoms with Crippen LogP contribution in [0.1, 0.15) is 18.5 Å². The van der Waals surface area contributed by atoms with Crippen LogP contribution in [0.5, 0.6) is 0 Å².